The third-order valence-corrected chi connectivity index (χ3v) is 8.43. The van der Waals surface area contributed by atoms with Gasteiger partial charge < -0.3 is 34.8 Å². The molecule has 0 aliphatic carbocycles. The molecule has 0 radical (unpaired) electrons. The lowest BCUT2D eigenvalue weighted by molar-refractivity contribution is -0.139. The van der Waals surface area contributed by atoms with Crippen LogP contribution in [-0.4, -0.2) is 93.7 Å². The van der Waals surface area contributed by atoms with Gasteiger partial charge in [0.25, 0.3) is 11.8 Å². The summed E-state index contributed by atoms with van der Waals surface area (Å²) in [5.74, 6) is -5.43. The Balaban J connectivity index is 1.20. The molecule has 2 fully saturated rings. The number of ether oxygens (including phenoxy) is 1. The van der Waals surface area contributed by atoms with Crippen molar-refractivity contribution in [3.63, 3.8) is 0 Å². The molecule has 3 amide bonds. The summed E-state index contributed by atoms with van der Waals surface area (Å²) in [4.78, 5) is 46.2. The number of halogens is 5. The highest BCUT2D eigenvalue weighted by atomic mass is 35.5. The number of hydrogen-bond acceptors (Lipinski definition) is 7. The third-order valence-electron chi connectivity index (χ3n) is 8.12. The summed E-state index contributed by atoms with van der Waals surface area (Å²) in [7, 11) is 1.38. The molecular weight excluding hydrogens is 636 g/mol. The summed E-state index contributed by atoms with van der Waals surface area (Å²) >= 11 is 6.42. The van der Waals surface area contributed by atoms with E-state index in [4.69, 9.17) is 11.6 Å². The Kier molecular flexibility index (Phi) is 9.84. The average molecular weight is 667 g/mol. The van der Waals surface area contributed by atoms with Crippen molar-refractivity contribution < 1.29 is 41.8 Å². The van der Waals surface area contributed by atoms with Crippen LogP contribution in [0, 0.1) is 11.6 Å². The van der Waals surface area contributed by atoms with Gasteiger partial charge in [-0.15, -0.1) is 0 Å². The van der Waals surface area contributed by atoms with Crippen molar-refractivity contribution >= 4 is 35.0 Å². The molecule has 2 aliphatic rings. The maximum atomic E-state index is 14.7. The predicted octanol–water partition coefficient (Wildman–Crippen LogP) is 3.66. The number of amides is 3. The van der Waals surface area contributed by atoms with Crippen LogP contribution in [0.15, 0.2) is 36.5 Å². The number of piperazine rings is 1. The summed E-state index contributed by atoms with van der Waals surface area (Å²) in [6.45, 7) is -0.821. The normalized spacial score (nSPS) is 16.4. The van der Waals surface area contributed by atoms with Crippen LogP contribution in [0.1, 0.15) is 40.2 Å². The molecule has 3 heterocycles. The summed E-state index contributed by atoms with van der Waals surface area (Å²) in [5.41, 5.74) is -0.929. The molecule has 0 spiro atoms. The predicted molar refractivity (Wildman–Crippen MR) is 159 cm³/mol. The molecule has 0 atom stereocenters. The Bertz CT molecular complexity index is 1640. The molecule has 3 N–H and O–H groups in total. The first-order valence-electron chi connectivity index (χ1n) is 14.4. The molecule has 2 aromatic carbocycles. The number of rotatable bonds is 8. The zero-order chi connectivity index (χ0) is 33.2. The SMILES string of the molecule is Cn1c(-c2ccc(OC(F)F)c(F)c2F)cnc1C(=O)Nc1ccc(C(=O)N2CCN(C(=O)CC3(O)CCNCC3)CC2)c(Cl)c1. The Morgan fingerprint density at radius 2 is 1.74 bits per heavy atom. The molecule has 1 aromatic heterocycles. The molecule has 5 rings (SSSR count). The van der Waals surface area contributed by atoms with E-state index in [1.54, 1.807) is 9.80 Å². The van der Waals surface area contributed by atoms with Crippen molar-refractivity contribution in [3.05, 3.63) is 64.6 Å². The standard InChI is InChI=1S/C30H31ClF4N6O5/c1-39-21(19-4-5-22(46-29(34)35)25(33)24(19)32)16-37-26(39)27(43)38-17-2-3-18(20(31)14-17)28(44)41-12-10-40(11-13-41)23(42)15-30(45)6-8-36-9-7-30/h2-5,14,16,29,36,45H,6-13,15H2,1H3,(H,38,43). The topological polar surface area (TPSA) is 129 Å². The smallest absolute Gasteiger partial charge is 0.387 e. The number of aromatic nitrogens is 2. The van der Waals surface area contributed by atoms with E-state index in [1.807, 2.05) is 0 Å². The summed E-state index contributed by atoms with van der Waals surface area (Å²) in [5, 5.41) is 16.5. The molecule has 11 nitrogen and oxygen atoms in total. The van der Waals surface area contributed by atoms with Crippen LogP contribution in [-0.2, 0) is 11.8 Å². The number of carbonyl (C=O) groups excluding carboxylic acids is 3. The quantitative estimate of drug-likeness (QED) is 0.313. The van der Waals surface area contributed by atoms with Crippen LogP contribution in [0.3, 0.4) is 0 Å². The lowest BCUT2D eigenvalue weighted by atomic mass is 9.88. The maximum Gasteiger partial charge on any atom is 0.387 e. The molecule has 2 saturated heterocycles. The fourth-order valence-corrected chi connectivity index (χ4v) is 5.79. The van der Waals surface area contributed by atoms with E-state index in [1.165, 1.54) is 29.8 Å². The molecule has 0 bridgehead atoms. The van der Waals surface area contributed by atoms with Crippen LogP contribution < -0.4 is 15.4 Å². The average Bonchev–Trinajstić information content (AvgIpc) is 3.40. The van der Waals surface area contributed by atoms with Crippen molar-refractivity contribution in [2.24, 2.45) is 7.05 Å². The van der Waals surface area contributed by atoms with E-state index in [0.29, 0.717) is 39.0 Å². The largest absolute Gasteiger partial charge is 0.432 e. The number of anilines is 1. The van der Waals surface area contributed by atoms with Gasteiger partial charge in [-0.3, -0.25) is 14.4 Å². The maximum absolute atomic E-state index is 14.7. The number of alkyl halides is 2. The highest BCUT2D eigenvalue weighted by molar-refractivity contribution is 6.34. The molecule has 2 aliphatic heterocycles. The lowest BCUT2D eigenvalue weighted by Gasteiger charge is -2.38. The number of aliphatic hydroxyl groups is 1. The van der Waals surface area contributed by atoms with Gasteiger partial charge in [0.1, 0.15) is 0 Å². The minimum atomic E-state index is -3.34. The molecule has 0 unspecified atom stereocenters. The summed E-state index contributed by atoms with van der Waals surface area (Å²) in [6, 6.07) is 6.18. The van der Waals surface area contributed by atoms with Crippen LogP contribution >= 0.6 is 11.6 Å². The van der Waals surface area contributed by atoms with Gasteiger partial charge in [0, 0.05) is 44.5 Å². The number of benzene rings is 2. The number of nitrogens with one attached hydrogen (secondary N) is 2. The van der Waals surface area contributed by atoms with E-state index in [9.17, 15) is 37.1 Å². The highest BCUT2D eigenvalue weighted by Crippen LogP contribution is 2.31. The Labute approximate surface area is 266 Å². The second-order valence-corrected chi connectivity index (χ2v) is 11.5. The molecule has 46 heavy (non-hydrogen) atoms. The van der Waals surface area contributed by atoms with Gasteiger partial charge in [-0.25, -0.2) is 9.37 Å². The van der Waals surface area contributed by atoms with Gasteiger partial charge >= 0.3 is 6.61 Å². The van der Waals surface area contributed by atoms with Gasteiger partial charge in [-0.2, -0.15) is 13.2 Å². The Morgan fingerprint density at radius 1 is 1.07 bits per heavy atom. The number of carbonyl (C=O) groups is 3. The highest BCUT2D eigenvalue weighted by Gasteiger charge is 2.35. The van der Waals surface area contributed by atoms with E-state index in [-0.39, 0.29) is 64.7 Å². The van der Waals surface area contributed by atoms with Gasteiger partial charge in [0.2, 0.25) is 11.7 Å². The van der Waals surface area contributed by atoms with Crippen molar-refractivity contribution in [1.82, 2.24) is 24.7 Å². The summed E-state index contributed by atoms with van der Waals surface area (Å²) < 4.78 is 59.0. The fourth-order valence-electron chi connectivity index (χ4n) is 5.53. The van der Waals surface area contributed by atoms with Crippen LogP contribution in [0.4, 0.5) is 23.2 Å². The van der Waals surface area contributed by atoms with Gasteiger partial charge in [-0.05, 0) is 56.3 Å². The third kappa shape index (κ3) is 7.11. The van der Waals surface area contributed by atoms with E-state index in [0.717, 1.165) is 18.3 Å². The van der Waals surface area contributed by atoms with Crippen molar-refractivity contribution in [3.8, 4) is 17.0 Å². The van der Waals surface area contributed by atoms with Gasteiger partial charge in [0.05, 0.1) is 34.5 Å². The zero-order valence-electron chi connectivity index (χ0n) is 24.7. The van der Waals surface area contributed by atoms with Crippen molar-refractivity contribution in [1.29, 1.82) is 0 Å². The lowest BCUT2D eigenvalue weighted by Crippen LogP contribution is -2.53. The molecule has 3 aromatic rings. The van der Waals surface area contributed by atoms with E-state index < -0.39 is 35.5 Å². The minimum absolute atomic E-state index is 0.00641. The Morgan fingerprint density at radius 3 is 2.39 bits per heavy atom. The number of nitrogens with zero attached hydrogens (tertiary/aromatic N) is 4. The number of piperidine rings is 1. The van der Waals surface area contributed by atoms with E-state index >= 15 is 0 Å². The molecule has 246 valence electrons. The monoisotopic (exact) mass is 666 g/mol. The fraction of sp³-hybridized carbons (Fsp3) is 0.400. The first kappa shape index (κ1) is 33.2. The first-order chi connectivity index (χ1) is 21.9. The Hall–Kier alpha value is -4.21. The van der Waals surface area contributed by atoms with Crippen molar-refractivity contribution in [2.75, 3.05) is 44.6 Å². The molecule has 0 saturated carbocycles. The number of imidazole rings is 1. The molecule has 16 heteroatoms. The van der Waals surface area contributed by atoms with E-state index in [2.05, 4.69) is 20.4 Å². The van der Waals surface area contributed by atoms with Crippen LogP contribution in [0.25, 0.3) is 11.3 Å². The van der Waals surface area contributed by atoms with Crippen LogP contribution in [0.2, 0.25) is 5.02 Å². The second kappa shape index (κ2) is 13.6. The first-order valence-corrected chi connectivity index (χ1v) is 14.8. The zero-order valence-corrected chi connectivity index (χ0v) is 25.4. The van der Waals surface area contributed by atoms with Crippen molar-refractivity contribution in [2.45, 2.75) is 31.5 Å². The number of hydrogen-bond donors (Lipinski definition) is 3. The van der Waals surface area contributed by atoms with Gasteiger partial charge in [-0.1, -0.05) is 11.6 Å². The van der Waals surface area contributed by atoms with Gasteiger partial charge in [0.15, 0.2) is 17.4 Å². The summed E-state index contributed by atoms with van der Waals surface area (Å²) in [6.07, 6.45) is 2.18. The second-order valence-electron chi connectivity index (χ2n) is 11.1. The molecular formula is C30H31ClF4N6O5. The van der Waals surface area contributed by atoms with Crippen LogP contribution in [0.5, 0.6) is 5.75 Å². The minimum Gasteiger partial charge on any atom is -0.432 e.